The molecule has 1 atom stereocenters. The minimum Gasteiger partial charge on any atom is -0.313 e. The van der Waals surface area contributed by atoms with Gasteiger partial charge in [0.1, 0.15) is 0 Å². The van der Waals surface area contributed by atoms with Crippen LogP contribution in [0.1, 0.15) is 43.5 Å². The van der Waals surface area contributed by atoms with E-state index in [2.05, 4.69) is 90.5 Å². The average molecular weight is 346 g/mol. The van der Waals surface area contributed by atoms with Crippen molar-refractivity contribution < 1.29 is 0 Å². The normalized spacial score (nSPS) is 13.2. The zero-order valence-electron chi connectivity index (χ0n) is 13.3. The Balaban J connectivity index is 2.18. The third-order valence-corrected chi connectivity index (χ3v) is 4.61. The first-order valence-electron chi connectivity index (χ1n) is 7.43. The van der Waals surface area contributed by atoms with Crippen molar-refractivity contribution in [1.29, 1.82) is 0 Å². The van der Waals surface area contributed by atoms with E-state index in [0.717, 1.165) is 10.9 Å². The Morgan fingerprint density at radius 2 is 1.62 bits per heavy atom. The van der Waals surface area contributed by atoms with Crippen LogP contribution in [0, 0.1) is 0 Å². The van der Waals surface area contributed by atoms with E-state index in [1.54, 1.807) is 0 Å². The van der Waals surface area contributed by atoms with Crippen LogP contribution in [0.3, 0.4) is 0 Å². The summed E-state index contributed by atoms with van der Waals surface area (Å²) in [6, 6.07) is 17.7. The largest absolute Gasteiger partial charge is 0.313 e. The topological polar surface area (TPSA) is 12.0 Å². The smallest absolute Gasteiger partial charge is 0.0369 e. The predicted octanol–water partition coefficient (Wildman–Crippen LogP) is 5.25. The third-order valence-electron chi connectivity index (χ3n) is 3.89. The summed E-state index contributed by atoms with van der Waals surface area (Å²) in [5.74, 6) is 0. The standard InChI is InChI=1S/C19H24BrN/c1-19(2,3)15-11-9-14(10-12-15)13-18(21-4)16-7-5-6-8-17(16)20/h5-12,18,21H,13H2,1-4H3. The van der Waals surface area contributed by atoms with E-state index in [-0.39, 0.29) is 5.41 Å². The molecule has 21 heavy (non-hydrogen) atoms. The molecule has 0 saturated heterocycles. The van der Waals surface area contributed by atoms with Crippen molar-refractivity contribution in [3.05, 3.63) is 69.7 Å². The van der Waals surface area contributed by atoms with Crippen LogP contribution >= 0.6 is 15.9 Å². The fraction of sp³-hybridized carbons (Fsp3) is 0.368. The molecule has 0 aliphatic rings. The van der Waals surface area contributed by atoms with Crippen LogP contribution in [0.4, 0.5) is 0 Å². The molecule has 0 aliphatic heterocycles. The van der Waals surface area contributed by atoms with Crippen molar-refractivity contribution in [2.45, 2.75) is 38.6 Å². The van der Waals surface area contributed by atoms with Crippen LogP contribution in [0.5, 0.6) is 0 Å². The molecule has 1 nitrogen and oxygen atoms in total. The first-order valence-corrected chi connectivity index (χ1v) is 8.22. The minimum absolute atomic E-state index is 0.212. The Kier molecular flexibility index (Phi) is 5.23. The van der Waals surface area contributed by atoms with Crippen LogP contribution in [-0.4, -0.2) is 7.05 Å². The SMILES string of the molecule is CNC(Cc1ccc(C(C)(C)C)cc1)c1ccccc1Br. The lowest BCUT2D eigenvalue weighted by molar-refractivity contribution is 0.582. The highest BCUT2D eigenvalue weighted by atomic mass is 79.9. The van der Waals surface area contributed by atoms with E-state index in [0.29, 0.717) is 6.04 Å². The van der Waals surface area contributed by atoms with Crippen LogP contribution < -0.4 is 5.32 Å². The summed E-state index contributed by atoms with van der Waals surface area (Å²) in [6.45, 7) is 6.75. The monoisotopic (exact) mass is 345 g/mol. The number of halogens is 1. The second-order valence-corrected chi connectivity index (χ2v) is 7.37. The van der Waals surface area contributed by atoms with Gasteiger partial charge in [0.15, 0.2) is 0 Å². The Morgan fingerprint density at radius 1 is 1.00 bits per heavy atom. The summed E-state index contributed by atoms with van der Waals surface area (Å²) in [4.78, 5) is 0. The van der Waals surface area contributed by atoms with Gasteiger partial charge in [0.25, 0.3) is 0 Å². The molecule has 0 aliphatic carbocycles. The van der Waals surface area contributed by atoms with Gasteiger partial charge in [0, 0.05) is 10.5 Å². The lowest BCUT2D eigenvalue weighted by atomic mass is 9.86. The van der Waals surface area contributed by atoms with E-state index in [4.69, 9.17) is 0 Å². The molecule has 0 amide bonds. The summed E-state index contributed by atoms with van der Waals surface area (Å²) in [6.07, 6.45) is 0.990. The highest BCUT2D eigenvalue weighted by Gasteiger charge is 2.15. The molecule has 0 heterocycles. The van der Waals surface area contributed by atoms with E-state index in [9.17, 15) is 0 Å². The van der Waals surface area contributed by atoms with Gasteiger partial charge in [-0.05, 0) is 41.6 Å². The maximum absolute atomic E-state index is 3.65. The average Bonchev–Trinajstić information content (AvgIpc) is 2.45. The van der Waals surface area contributed by atoms with Crippen LogP contribution in [0.25, 0.3) is 0 Å². The van der Waals surface area contributed by atoms with Gasteiger partial charge in [-0.3, -0.25) is 0 Å². The molecule has 0 radical (unpaired) electrons. The molecule has 0 saturated carbocycles. The van der Waals surface area contributed by atoms with E-state index < -0.39 is 0 Å². The number of hydrogen-bond donors (Lipinski definition) is 1. The molecule has 1 N–H and O–H groups in total. The number of nitrogens with one attached hydrogen (secondary N) is 1. The molecule has 2 aromatic rings. The summed E-state index contributed by atoms with van der Waals surface area (Å²) >= 11 is 3.65. The van der Waals surface area contributed by atoms with E-state index in [1.807, 2.05) is 7.05 Å². The molecule has 2 aromatic carbocycles. The van der Waals surface area contributed by atoms with Crippen molar-refractivity contribution in [3.8, 4) is 0 Å². The molecule has 0 spiro atoms. The van der Waals surface area contributed by atoms with Gasteiger partial charge in [0.05, 0.1) is 0 Å². The van der Waals surface area contributed by atoms with Gasteiger partial charge < -0.3 is 5.32 Å². The van der Waals surface area contributed by atoms with Gasteiger partial charge in [-0.25, -0.2) is 0 Å². The predicted molar refractivity (Wildman–Crippen MR) is 94.8 cm³/mol. The number of likely N-dealkylation sites (N-methyl/N-ethyl adjacent to an activating group) is 1. The second kappa shape index (κ2) is 6.76. The van der Waals surface area contributed by atoms with Gasteiger partial charge in [-0.15, -0.1) is 0 Å². The lowest BCUT2D eigenvalue weighted by Crippen LogP contribution is -2.19. The molecular weight excluding hydrogens is 322 g/mol. The Morgan fingerprint density at radius 3 is 2.14 bits per heavy atom. The molecule has 0 fully saturated rings. The number of benzene rings is 2. The molecule has 0 bridgehead atoms. The molecule has 0 aromatic heterocycles. The van der Waals surface area contributed by atoms with Crippen LogP contribution in [-0.2, 0) is 11.8 Å². The van der Waals surface area contributed by atoms with Gasteiger partial charge in [-0.1, -0.05) is 79.2 Å². The molecular formula is C19H24BrN. The number of rotatable bonds is 4. The van der Waals surface area contributed by atoms with Crippen molar-refractivity contribution in [1.82, 2.24) is 5.32 Å². The summed E-state index contributed by atoms with van der Waals surface area (Å²) in [5, 5.41) is 3.42. The number of hydrogen-bond acceptors (Lipinski definition) is 1. The van der Waals surface area contributed by atoms with Crippen molar-refractivity contribution in [3.63, 3.8) is 0 Å². The zero-order chi connectivity index (χ0) is 15.5. The van der Waals surface area contributed by atoms with Crippen molar-refractivity contribution in [2.24, 2.45) is 0 Å². The van der Waals surface area contributed by atoms with Crippen molar-refractivity contribution >= 4 is 15.9 Å². The van der Waals surface area contributed by atoms with Crippen LogP contribution in [0.15, 0.2) is 53.0 Å². The zero-order valence-corrected chi connectivity index (χ0v) is 14.9. The maximum atomic E-state index is 3.65. The highest BCUT2D eigenvalue weighted by Crippen LogP contribution is 2.27. The molecule has 2 heteroatoms. The minimum atomic E-state index is 0.212. The lowest BCUT2D eigenvalue weighted by Gasteiger charge is -2.21. The van der Waals surface area contributed by atoms with E-state index in [1.165, 1.54) is 16.7 Å². The summed E-state index contributed by atoms with van der Waals surface area (Å²) < 4.78 is 1.16. The molecule has 1 unspecified atom stereocenters. The Hall–Kier alpha value is -1.12. The third kappa shape index (κ3) is 4.18. The summed E-state index contributed by atoms with van der Waals surface area (Å²) in [7, 11) is 2.02. The van der Waals surface area contributed by atoms with Crippen molar-refractivity contribution in [2.75, 3.05) is 7.05 Å². The second-order valence-electron chi connectivity index (χ2n) is 6.51. The first kappa shape index (κ1) is 16.3. The fourth-order valence-electron chi connectivity index (χ4n) is 2.50. The Labute approximate surface area is 136 Å². The molecule has 112 valence electrons. The Bertz CT molecular complexity index is 581. The summed E-state index contributed by atoms with van der Waals surface area (Å²) in [5.41, 5.74) is 4.26. The first-order chi connectivity index (χ1) is 9.91. The maximum Gasteiger partial charge on any atom is 0.0369 e. The van der Waals surface area contributed by atoms with Gasteiger partial charge in [0.2, 0.25) is 0 Å². The molecule has 2 rings (SSSR count). The van der Waals surface area contributed by atoms with Gasteiger partial charge >= 0.3 is 0 Å². The van der Waals surface area contributed by atoms with Crippen LogP contribution in [0.2, 0.25) is 0 Å². The van der Waals surface area contributed by atoms with E-state index >= 15 is 0 Å². The fourth-order valence-corrected chi connectivity index (χ4v) is 3.06. The van der Waals surface area contributed by atoms with Gasteiger partial charge in [-0.2, -0.15) is 0 Å². The highest BCUT2D eigenvalue weighted by molar-refractivity contribution is 9.10. The quantitative estimate of drug-likeness (QED) is 0.797.